The molecule has 22 heavy (non-hydrogen) atoms. The molecule has 6 heteroatoms. The van der Waals surface area contributed by atoms with Gasteiger partial charge in [0, 0.05) is 0 Å². The number of hydrogen-bond donors (Lipinski definition) is 2. The van der Waals surface area contributed by atoms with Crippen molar-refractivity contribution in [3.63, 3.8) is 0 Å². The standard InChI is InChI=1S/C16H24N2O4/c1-10-7-8-13(21-6)12(9-10)18-14(19)11(2)17-15(20)22-16(3,4)5/h7-9,11H,1-6H3,(H,17,20)(H,18,19). The van der Waals surface area contributed by atoms with Crippen LogP contribution < -0.4 is 15.4 Å². The second-order valence-corrected chi connectivity index (χ2v) is 6.06. The summed E-state index contributed by atoms with van der Waals surface area (Å²) in [5.41, 5.74) is 0.939. The van der Waals surface area contributed by atoms with Crippen LogP contribution in [0.15, 0.2) is 18.2 Å². The second-order valence-electron chi connectivity index (χ2n) is 6.06. The van der Waals surface area contributed by atoms with Crippen LogP contribution >= 0.6 is 0 Å². The Kier molecular flexibility index (Phi) is 5.79. The van der Waals surface area contributed by atoms with Crippen molar-refractivity contribution in [1.29, 1.82) is 0 Å². The van der Waals surface area contributed by atoms with Gasteiger partial charge in [-0.25, -0.2) is 4.79 Å². The van der Waals surface area contributed by atoms with Gasteiger partial charge in [-0.2, -0.15) is 0 Å². The maximum atomic E-state index is 12.2. The lowest BCUT2D eigenvalue weighted by molar-refractivity contribution is -0.117. The van der Waals surface area contributed by atoms with Gasteiger partial charge in [-0.1, -0.05) is 6.07 Å². The molecule has 1 atom stereocenters. The lowest BCUT2D eigenvalue weighted by atomic mass is 10.2. The van der Waals surface area contributed by atoms with Crippen LogP contribution in [0.5, 0.6) is 5.75 Å². The van der Waals surface area contributed by atoms with Crippen LogP contribution in [0.4, 0.5) is 10.5 Å². The van der Waals surface area contributed by atoms with E-state index in [0.717, 1.165) is 5.56 Å². The number of alkyl carbamates (subject to hydrolysis) is 1. The molecule has 0 saturated heterocycles. The molecule has 0 radical (unpaired) electrons. The van der Waals surface area contributed by atoms with Crippen LogP contribution in [0.25, 0.3) is 0 Å². The predicted octanol–water partition coefficient (Wildman–Crippen LogP) is 2.86. The van der Waals surface area contributed by atoms with Gasteiger partial charge in [0.15, 0.2) is 0 Å². The quantitative estimate of drug-likeness (QED) is 0.896. The summed E-state index contributed by atoms with van der Waals surface area (Å²) in [7, 11) is 1.53. The third kappa shape index (κ3) is 5.63. The highest BCUT2D eigenvalue weighted by Gasteiger charge is 2.21. The van der Waals surface area contributed by atoms with Gasteiger partial charge in [0.25, 0.3) is 0 Å². The fraction of sp³-hybridized carbons (Fsp3) is 0.500. The van der Waals surface area contributed by atoms with Crippen molar-refractivity contribution in [2.45, 2.75) is 46.3 Å². The van der Waals surface area contributed by atoms with Crippen LogP contribution in [0.2, 0.25) is 0 Å². The first-order chi connectivity index (χ1) is 10.1. The molecule has 0 aromatic heterocycles. The maximum Gasteiger partial charge on any atom is 0.408 e. The van der Waals surface area contributed by atoms with E-state index in [2.05, 4.69) is 10.6 Å². The fourth-order valence-electron chi connectivity index (χ4n) is 1.71. The largest absolute Gasteiger partial charge is 0.495 e. The Labute approximate surface area is 131 Å². The van der Waals surface area contributed by atoms with E-state index in [4.69, 9.17) is 9.47 Å². The average molecular weight is 308 g/mol. The molecule has 1 aromatic rings. The molecule has 0 aliphatic carbocycles. The van der Waals surface area contributed by atoms with Crippen molar-refractivity contribution >= 4 is 17.7 Å². The normalized spacial score (nSPS) is 12.3. The number of aryl methyl sites for hydroxylation is 1. The number of carbonyl (C=O) groups excluding carboxylic acids is 2. The number of methoxy groups -OCH3 is 1. The Morgan fingerprint density at radius 2 is 1.86 bits per heavy atom. The van der Waals surface area contributed by atoms with E-state index in [1.54, 1.807) is 39.8 Å². The lowest BCUT2D eigenvalue weighted by Gasteiger charge is -2.22. The number of carbonyl (C=O) groups is 2. The fourth-order valence-corrected chi connectivity index (χ4v) is 1.71. The number of hydrogen-bond acceptors (Lipinski definition) is 4. The number of anilines is 1. The second kappa shape index (κ2) is 7.15. The minimum absolute atomic E-state index is 0.352. The van der Waals surface area contributed by atoms with Crippen molar-refractivity contribution in [3.8, 4) is 5.75 Å². The van der Waals surface area contributed by atoms with Gasteiger partial charge in [-0.3, -0.25) is 4.79 Å². The van der Waals surface area contributed by atoms with Crippen molar-refractivity contribution in [1.82, 2.24) is 5.32 Å². The topological polar surface area (TPSA) is 76.7 Å². The van der Waals surface area contributed by atoms with Gasteiger partial charge in [0.2, 0.25) is 5.91 Å². The minimum atomic E-state index is -0.736. The Hall–Kier alpha value is -2.24. The first kappa shape index (κ1) is 17.8. The van der Waals surface area contributed by atoms with Crippen molar-refractivity contribution in [3.05, 3.63) is 23.8 Å². The van der Waals surface area contributed by atoms with Crippen molar-refractivity contribution in [2.75, 3.05) is 12.4 Å². The van der Waals surface area contributed by atoms with Crippen LogP contribution in [0.3, 0.4) is 0 Å². The Balaban J connectivity index is 2.69. The number of amides is 2. The van der Waals surface area contributed by atoms with Gasteiger partial charge in [0.1, 0.15) is 17.4 Å². The van der Waals surface area contributed by atoms with Gasteiger partial charge in [0.05, 0.1) is 12.8 Å². The highest BCUT2D eigenvalue weighted by molar-refractivity contribution is 5.97. The highest BCUT2D eigenvalue weighted by atomic mass is 16.6. The van der Waals surface area contributed by atoms with E-state index in [0.29, 0.717) is 11.4 Å². The summed E-state index contributed by atoms with van der Waals surface area (Å²) >= 11 is 0. The van der Waals surface area contributed by atoms with E-state index in [1.807, 2.05) is 13.0 Å². The van der Waals surface area contributed by atoms with Gasteiger partial charge >= 0.3 is 6.09 Å². The zero-order valence-electron chi connectivity index (χ0n) is 13.9. The van der Waals surface area contributed by atoms with Gasteiger partial charge in [-0.15, -0.1) is 0 Å². The molecule has 0 aliphatic heterocycles. The molecule has 2 amide bonds. The molecule has 0 spiro atoms. The van der Waals surface area contributed by atoms with Crippen molar-refractivity contribution < 1.29 is 19.1 Å². The van der Waals surface area contributed by atoms with E-state index in [1.165, 1.54) is 7.11 Å². The Bertz CT molecular complexity index is 550. The van der Waals surface area contributed by atoms with Crippen LogP contribution in [0.1, 0.15) is 33.3 Å². The zero-order valence-corrected chi connectivity index (χ0v) is 13.9. The number of benzene rings is 1. The minimum Gasteiger partial charge on any atom is -0.495 e. The predicted molar refractivity (Wildman–Crippen MR) is 85.2 cm³/mol. The number of rotatable bonds is 4. The Morgan fingerprint density at radius 3 is 2.41 bits per heavy atom. The highest BCUT2D eigenvalue weighted by Crippen LogP contribution is 2.25. The average Bonchev–Trinajstić information content (AvgIpc) is 2.36. The molecule has 6 nitrogen and oxygen atoms in total. The summed E-state index contributed by atoms with van der Waals surface area (Å²) < 4.78 is 10.3. The molecule has 0 saturated carbocycles. The molecule has 1 rings (SSSR count). The molecular weight excluding hydrogens is 284 g/mol. The van der Waals surface area contributed by atoms with E-state index in [9.17, 15) is 9.59 Å². The van der Waals surface area contributed by atoms with Crippen LogP contribution in [-0.4, -0.2) is 30.8 Å². The zero-order chi connectivity index (χ0) is 16.9. The first-order valence-corrected chi connectivity index (χ1v) is 7.07. The van der Waals surface area contributed by atoms with E-state index >= 15 is 0 Å². The molecule has 0 fully saturated rings. The van der Waals surface area contributed by atoms with Crippen LogP contribution in [-0.2, 0) is 9.53 Å². The molecule has 122 valence electrons. The van der Waals surface area contributed by atoms with E-state index < -0.39 is 17.7 Å². The first-order valence-electron chi connectivity index (χ1n) is 7.07. The molecule has 1 aromatic carbocycles. The molecule has 1 unspecified atom stereocenters. The summed E-state index contributed by atoms with van der Waals surface area (Å²) in [6.07, 6.45) is -0.633. The van der Waals surface area contributed by atoms with Gasteiger partial charge in [-0.05, 0) is 52.3 Å². The summed E-state index contributed by atoms with van der Waals surface area (Å²) in [6, 6.07) is 4.73. The maximum absolute atomic E-state index is 12.2. The molecule has 2 N–H and O–H groups in total. The summed E-state index contributed by atoms with van der Waals surface area (Å²) in [4.78, 5) is 23.8. The number of ether oxygens (including phenoxy) is 2. The third-order valence-corrected chi connectivity index (χ3v) is 2.74. The summed E-state index contributed by atoms with van der Waals surface area (Å²) in [5, 5.41) is 5.23. The van der Waals surface area contributed by atoms with Crippen molar-refractivity contribution in [2.24, 2.45) is 0 Å². The smallest absolute Gasteiger partial charge is 0.408 e. The Morgan fingerprint density at radius 1 is 1.23 bits per heavy atom. The molecule has 0 aliphatic rings. The molecule has 0 heterocycles. The third-order valence-electron chi connectivity index (χ3n) is 2.74. The van der Waals surface area contributed by atoms with E-state index in [-0.39, 0.29) is 5.91 Å². The lowest BCUT2D eigenvalue weighted by Crippen LogP contribution is -2.44. The summed E-state index contributed by atoms with van der Waals surface area (Å²) in [6.45, 7) is 8.78. The molecular formula is C16H24N2O4. The number of nitrogens with one attached hydrogen (secondary N) is 2. The monoisotopic (exact) mass is 308 g/mol. The summed E-state index contributed by atoms with van der Waals surface area (Å²) in [5.74, 6) is 0.207. The van der Waals surface area contributed by atoms with Gasteiger partial charge < -0.3 is 20.1 Å². The van der Waals surface area contributed by atoms with Crippen LogP contribution in [0, 0.1) is 6.92 Å². The SMILES string of the molecule is COc1ccc(C)cc1NC(=O)C(C)NC(=O)OC(C)(C)C. The molecule has 0 bridgehead atoms.